The Bertz CT molecular complexity index is 360. The summed E-state index contributed by atoms with van der Waals surface area (Å²) in [5, 5.41) is 3.25. The molecule has 4 heteroatoms. The Balaban J connectivity index is 1.44. The van der Waals surface area contributed by atoms with Gasteiger partial charge in [-0.05, 0) is 63.3 Å². The van der Waals surface area contributed by atoms with Crippen LogP contribution in [0.1, 0.15) is 45.4 Å². The van der Waals surface area contributed by atoms with Gasteiger partial charge in [-0.15, -0.1) is 0 Å². The van der Waals surface area contributed by atoms with Crippen LogP contribution in [0.3, 0.4) is 0 Å². The molecule has 3 aliphatic rings. The van der Waals surface area contributed by atoms with Gasteiger partial charge in [-0.2, -0.15) is 0 Å². The van der Waals surface area contributed by atoms with Crippen molar-refractivity contribution in [3.63, 3.8) is 0 Å². The molecule has 1 heterocycles. The van der Waals surface area contributed by atoms with Crippen molar-refractivity contribution in [1.82, 2.24) is 10.2 Å². The summed E-state index contributed by atoms with van der Waals surface area (Å²) in [5.41, 5.74) is 5.97. The van der Waals surface area contributed by atoms with E-state index in [0.29, 0.717) is 12.6 Å². The first kappa shape index (κ1) is 14.3. The molecule has 1 saturated heterocycles. The lowest BCUT2D eigenvalue weighted by atomic mass is 9.84. The molecule has 114 valence electrons. The summed E-state index contributed by atoms with van der Waals surface area (Å²) in [7, 11) is 0. The molecule has 4 nitrogen and oxygen atoms in total. The zero-order chi connectivity index (χ0) is 14.1. The molecule has 1 amide bonds. The fourth-order valence-electron chi connectivity index (χ4n) is 4.75. The van der Waals surface area contributed by atoms with Crippen molar-refractivity contribution in [1.29, 1.82) is 0 Å². The summed E-state index contributed by atoms with van der Waals surface area (Å²) in [4.78, 5) is 14.4. The number of likely N-dealkylation sites (tertiary alicyclic amines) is 1. The first-order chi connectivity index (χ1) is 9.61. The summed E-state index contributed by atoms with van der Waals surface area (Å²) in [5.74, 6) is 2.74. The maximum absolute atomic E-state index is 12.2. The van der Waals surface area contributed by atoms with Crippen LogP contribution in [0.25, 0.3) is 0 Å². The molecule has 3 fully saturated rings. The zero-order valence-electron chi connectivity index (χ0n) is 12.7. The number of amides is 1. The average molecular weight is 279 g/mol. The number of piperidine rings is 1. The minimum absolute atomic E-state index is 0.189. The number of carbonyl (C=O) groups is 1. The molecule has 0 aromatic heterocycles. The van der Waals surface area contributed by atoms with Crippen LogP contribution in [0, 0.1) is 17.8 Å². The SMILES string of the molecule is CC(NC(=O)CN1CCCC(N)C1)C1CC2CCC1C2. The van der Waals surface area contributed by atoms with E-state index >= 15 is 0 Å². The van der Waals surface area contributed by atoms with Gasteiger partial charge in [0.15, 0.2) is 0 Å². The van der Waals surface area contributed by atoms with Crippen LogP contribution < -0.4 is 11.1 Å². The van der Waals surface area contributed by atoms with Crippen LogP contribution in [0.5, 0.6) is 0 Å². The lowest BCUT2D eigenvalue weighted by molar-refractivity contribution is -0.123. The molecule has 0 aromatic carbocycles. The number of fused-ring (bicyclic) bond motifs is 2. The van der Waals surface area contributed by atoms with Crippen LogP contribution in [0.4, 0.5) is 0 Å². The Kier molecular flexibility index (Phi) is 4.32. The molecule has 5 atom stereocenters. The summed E-state index contributed by atoms with van der Waals surface area (Å²) in [6.45, 7) is 4.61. The van der Waals surface area contributed by atoms with E-state index in [2.05, 4.69) is 17.1 Å². The molecule has 20 heavy (non-hydrogen) atoms. The lowest BCUT2D eigenvalue weighted by Gasteiger charge is -2.32. The van der Waals surface area contributed by atoms with Gasteiger partial charge in [0.1, 0.15) is 0 Å². The minimum atomic E-state index is 0.189. The van der Waals surface area contributed by atoms with Crippen molar-refractivity contribution in [2.75, 3.05) is 19.6 Å². The molecule has 2 bridgehead atoms. The molecule has 5 unspecified atom stereocenters. The number of nitrogens with one attached hydrogen (secondary N) is 1. The molecular weight excluding hydrogens is 250 g/mol. The molecule has 1 aliphatic heterocycles. The van der Waals surface area contributed by atoms with Crippen LogP contribution in [0.2, 0.25) is 0 Å². The molecular formula is C16H29N3O. The summed E-state index contributed by atoms with van der Waals surface area (Å²) >= 11 is 0. The van der Waals surface area contributed by atoms with Crippen LogP contribution >= 0.6 is 0 Å². The van der Waals surface area contributed by atoms with E-state index in [0.717, 1.165) is 43.7 Å². The van der Waals surface area contributed by atoms with Gasteiger partial charge >= 0.3 is 0 Å². The smallest absolute Gasteiger partial charge is 0.234 e. The monoisotopic (exact) mass is 279 g/mol. The van der Waals surface area contributed by atoms with E-state index in [1.54, 1.807) is 0 Å². The third kappa shape index (κ3) is 3.17. The van der Waals surface area contributed by atoms with Crippen LogP contribution in [-0.4, -0.2) is 42.5 Å². The molecule has 3 N–H and O–H groups in total. The Labute approximate surface area is 122 Å². The second kappa shape index (κ2) is 6.02. The highest BCUT2D eigenvalue weighted by Gasteiger charge is 2.42. The highest BCUT2D eigenvalue weighted by Crippen LogP contribution is 2.49. The topological polar surface area (TPSA) is 58.4 Å². The maximum atomic E-state index is 12.2. The predicted octanol–water partition coefficient (Wildman–Crippen LogP) is 1.35. The molecule has 3 rings (SSSR count). The Morgan fingerprint density at radius 2 is 2.20 bits per heavy atom. The Morgan fingerprint density at radius 1 is 1.35 bits per heavy atom. The van der Waals surface area contributed by atoms with E-state index in [1.807, 2.05) is 0 Å². The van der Waals surface area contributed by atoms with Crippen molar-refractivity contribution in [2.24, 2.45) is 23.5 Å². The number of nitrogens with two attached hydrogens (primary N) is 1. The maximum Gasteiger partial charge on any atom is 0.234 e. The standard InChI is InChI=1S/C16H29N3O/c1-11(15-8-12-4-5-13(15)7-12)18-16(20)10-19-6-2-3-14(17)9-19/h11-15H,2-10,17H2,1H3,(H,18,20). The first-order valence-electron chi connectivity index (χ1n) is 8.39. The minimum Gasteiger partial charge on any atom is -0.352 e. The summed E-state index contributed by atoms with van der Waals surface area (Å²) < 4.78 is 0. The number of carbonyl (C=O) groups excluding carboxylic acids is 1. The fourth-order valence-corrected chi connectivity index (χ4v) is 4.75. The van der Waals surface area contributed by atoms with E-state index in [4.69, 9.17) is 5.73 Å². The predicted molar refractivity (Wildman–Crippen MR) is 80.2 cm³/mol. The first-order valence-corrected chi connectivity index (χ1v) is 8.39. The number of hydrogen-bond acceptors (Lipinski definition) is 3. The molecule has 0 spiro atoms. The van der Waals surface area contributed by atoms with Gasteiger partial charge in [0, 0.05) is 18.6 Å². The lowest BCUT2D eigenvalue weighted by Crippen LogP contribution is -2.49. The van der Waals surface area contributed by atoms with Crippen molar-refractivity contribution in [2.45, 2.75) is 57.5 Å². The number of nitrogens with zero attached hydrogens (tertiary/aromatic N) is 1. The molecule has 0 aromatic rings. The van der Waals surface area contributed by atoms with Crippen molar-refractivity contribution in [3.8, 4) is 0 Å². The van der Waals surface area contributed by atoms with Gasteiger partial charge in [0.25, 0.3) is 0 Å². The van der Waals surface area contributed by atoms with Gasteiger partial charge in [-0.1, -0.05) is 6.42 Å². The summed E-state index contributed by atoms with van der Waals surface area (Å²) in [6.07, 6.45) is 7.77. The van der Waals surface area contributed by atoms with Crippen LogP contribution in [-0.2, 0) is 4.79 Å². The molecule has 0 radical (unpaired) electrons. The number of rotatable bonds is 4. The average Bonchev–Trinajstić information content (AvgIpc) is 3.00. The second-order valence-electron chi connectivity index (χ2n) is 7.33. The largest absolute Gasteiger partial charge is 0.352 e. The van der Waals surface area contributed by atoms with Crippen LogP contribution in [0.15, 0.2) is 0 Å². The van der Waals surface area contributed by atoms with Crippen molar-refractivity contribution in [3.05, 3.63) is 0 Å². The van der Waals surface area contributed by atoms with Gasteiger partial charge < -0.3 is 11.1 Å². The zero-order valence-corrected chi connectivity index (χ0v) is 12.7. The summed E-state index contributed by atoms with van der Waals surface area (Å²) in [6, 6.07) is 0.593. The third-order valence-electron chi connectivity index (χ3n) is 5.73. The van der Waals surface area contributed by atoms with E-state index < -0.39 is 0 Å². The van der Waals surface area contributed by atoms with E-state index in [1.165, 1.54) is 25.7 Å². The Morgan fingerprint density at radius 3 is 2.85 bits per heavy atom. The van der Waals surface area contributed by atoms with Gasteiger partial charge in [-0.25, -0.2) is 0 Å². The highest BCUT2D eigenvalue weighted by atomic mass is 16.2. The second-order valence-corrected chi connectivity index (χ2v) is 7.33. The van der Waals surface area contributed by atoms with E-state index in [9.17, 15) is 4.79 Å². The fraction of sp³-hybridized carbons (Fsp3) is 0.938. The van der Waals surface area contributed by atoms with Gasteiger partial charge in [-0.3, -0.25) is 9.69 Å². The highest BCUT2D eigenvalue weighted by molar-refractivity contribution is 5.78. The number of hydrogen-bond donors (Lipinski definition) is 2. The van der Waals surface area contributed by atoms with Gasteiger partial charge in [0.05, 0.1) is 6.54 Å². The Hall–Kier alpha value is -0.610. The quantitative estimate of drug-likeness (QED) is 0.817. The normalized spacial score (nSPS) is 38.9. The van der Waals surface area contributed by atoms with Gasteiger partial charge in [0.2, 0.25) is 5.91 Å². The van der Waals surface area contributed by atoms with E-state index in [-0.39, 0.29) is 11.9 Å². The van der Waals surface area contributed by atoms with Crippen molar-refractivity contribution < 1.29 is 4.79 Å². The molecule has 2 saturated carbocycles. The third-order valence-corrected chi connectivity index (χ3v) is 5.73. The van der Waals surface area contributed by atoms with Crippen molar-refractivity contribution >= 4 is 5.91 Å². The molecule has 2 aliphatic carbocycles.